The van der Waals surface area contributed by atoms with Crippen molar-refractivity contribution in [3.8, 4) is 22.6 Å². The zero-order valence-corrected chi connectivity index (χ0v) is 27.8. The fourth-order valence-electron chi connectivity index (χ4n) is 7.60. The molecule has 0 unspecified atom stereocenters. The van der Waals surface area contributed by atoms with Crippen LogP contribution < -0.4 is 4.90 Å². The lowest BCUT2D eigenvalue weighted by atomic mass is 9.98. The van der Waals surface area contributed by atoms with E-state index in [-0.39, 0.29) is 0 Å². The first-order chi connectivity index (χ1) is 25.7. The molecule has 0 aliphatic heterocycles. The number of para-hydroxylation sites is 1. The number of nitrogens with zero attached hydrogens (tertiary/aromatic N) is 2. The highest BCUT2D eigenvalue weighted by molar-refractivity contribution is 6.10. The summed E-state index contributed by atoms with van der Waals surface area (Å²) in [5.74, 6) is 0.596. The third-order valence-corrected chi connectivity index (χ3v) is 10.1. The number of oxazole rings is 1. The van der Waals surface area contributed by atoms with E-state index in [9.17, 15) is 0 Å². The van der Waals surface area contributed by atoms with Gasteiger partial charge in [-0.3, -0.25) is 0 Å². The average molecular weight is 669 g/mol. The number of furan rings is 2. The second-order valence-electron chi connectivity index (χ2n) is 13.2. The van der Waals surface area contributed by atoms with Gasteiger partial charge in [-0.2, -0.15) is 0 Å². The molecule has 0 bridgehead atoms. The van der Waals surface area contributed by atoms with Crippen LogP contribution in [0.5, 0.6) is 0 Å². The van der Waals surface area contributed by atoms with Crippen LogP contribution in [0.15, 0.2) is 183 Å². The maximum absolute atomic E-state index is 6.54. The molecule has 0 saturated carbocycles. The predicted octanol–water partition coefficient (Wildman–Crippen LogP) is 13.6. The molecule has 0 fully saturated rings. The first-order valence-electron chi connectivity index (χ1n) is 17.4. The van der Waals surface area contributed by atoms with Crippen LogP contribution in [-0.2, 0) is 0 Å². The molecule has 52 heavy (non-hydrogen) atoms. The standard InChI is InChI=1S/C47H28N2O3/c1-2-10-31(11-3-1)47-48-41-28-45-40(27-46(41)52-47)39-24-22-34(26-44(39)51-45)49(33-21-23-38-37-14-6-7-16-42(37)50-43(38)25-33)32-19-17-30(18-20-32)36-15-8-12-29-9-4-5-13-35(29)36/h1-28H. The van der Waals surface area contributed by atoms with Crippen LogP contribution in [0.4, 0.5) is 17.1 Å². The van der Waals surface area contributed by atoms with Gasteiger partial charge in [0.2, 0.25) is 5.89 Å². The van der Waals surface area contributed by atoms with Gasteiger partial charge >= 0.3 is 0 Å². The Morgan fingerprint density at radius 1 is 0.365 bits per heavy atom. The Hall–Kier alpha value is -7.11. The highest BCUT2D eigenvalue weighted by Crippen LogP contribution is 2.42. The number of aromatic nitrogens is 1. The van der Waals surface area contributed by atoms with E-state index in [2.05, 4.69) is 114 Å². The molecule has 11 rings (SSSR count). The van der Waals surface area contributed by atoms with E-state index < -0.39 is 0 Å². The van der Waals surface area contributed by atoms with E-state index in [4.69, 9.17) is 18.2 Å². The van der Waals surface area contributed by atoms with Crippen LogP contribution >= 0.6 is 0 Å². The van der Waals surface area contributed by atoms with Crippen LogP contribution in [0.1, 0.15) is 0 Å². The zero-order chi connectivity index (χ0) is 34.2. The lowest BCUT2D eigenvalue weighted by molar-refractivity contribution is 0.620. The van der Waals surface area contributed by atoms with Gasteiger partial charge in [0.1, 0.15) is 27.8 Å². The molecule has 0 N–H and O–H groups in total. The molecule has 0 atom stereocenters. The molecule has 0 spiro atoms. The molecule has 244 valence electrons. The summed E-state index contributed by atoms with van der Waals surface area (Å²) in [7, 11) is 0. The third kappa shape index (κ3) is 4.53. The Kier molecular flexibility index (Phi) is 6.18. The molecule has 8 aromatic carbocycles. The summed E-state index contributed by atoms with van der Waals surface area (Å²) < 4.78 is 19.1. The molecular weight excluding hydrogens is 641 g/mol. The van der Waals surface area contributed by atoms with Gasteiger partial charge in [-0.05, 0) is 82.6 Å². The molecular formula is C47H28N2O3. The summed E-state index contributed by atoms with van der Waals surface area (Å²) in [6.45, 7) is 0. The largest absolute Gasteiger partial charge is 0.456 e. The Morgan fingerprint density at radius 2 is 0.981 bits per heavy atom. The van der Waals surface area contributed by atoms with Crippen molar-refractivity contribution in [2.45, 2.75) is 0 Å². The predicted molar refractivity (Wildman–Crippen MR) is 212 cm³/mol. The van der Waals surface area contributed by atoms with Crippen LogP contribution in [0.25, 0.3) is 88.3 Å². The van der Waals surface area contributed by atoms with Crippen molar-refractivity contribution in [1.82, 2.24) is 4.98 Å². The van der Waals surface area contributed by atoms with Gasteiger partial charge in [-0.25, -0.2) is 4.98 Å². The van der Waals surface area contributed by atoms with Crippen molar-refractivity contribution >= 4 is 82.8 Å². The van der Waals surface area contributed by atoms with E-state index in [1.54, 1.807) is 0 Å². The minimum Gasteiger partial charge on any atom is -0.456 e. The first kappa shape index (κ1) is 28.7. The third-order valence-electron chi connectivity index (χ3n) is 10.1. The lowest BCUT2D eigenvalue weighted by Gasteiger charge is -2.25. The smallest absolute Gasteiger partial charge is 0.227 e. The van der Waals surface area contributed by atoms with Gasteiger partial charge in [-0.15, -0.1) is 0 Å². The maximum atomic E-state index is 6.54. The Bertz CT molecular complexity index is 3130. The fourth-order valence-corrected chi connectivity index (χ4v) is 7.60. The topological polar surface area (TPSA) is 55.6 Å². The summed E-state index contributed by atoms with van der Waals surface area (Å²) in [4.78, 5) is 7.03. The van der Waals surface area contributed by atoms with Crippen molar-refractivity contribution in [2.24, 2.45) is 0 Å². The molecule has 5 heteroatoms. The van der Waals surface area contributed by atoms with Gasteiger partial charge in [0, 0.05) is 62.4 Å². The van der Waals surface area contributed by atoms with E-state index >= 15 is 0 Å². The monoisotopic (exact) mass is 668 g/mol. The van der Waals surface area contributed by atoms with Gasteiger partial charge < -0.3 is 18.2 Å². The molecule has 11 aromatic rings. The highest BCUT2D eigenvalue weighted by atomic mass is 16.4. The average Bonchev–Trinajstić information content (AvgIpc) is 3.90. The molecule has 0 saturated heterocycles. The summed E-state index contributed by atoms with van der Waals surface area (Å²) >= 11 is 0. The molecule has 0 aliphatic carbocycles. The summed E-state index contributed by atoms with van der Waals surface area (Å²) in [6.07, 6.45) is 0. The SMILES string of the molecule is c1ccc(-c2nc3cc4oc5cc(N(c6ccc(-c7cccc8ccccc78)cc6)c6ccc7c(c6)oc6ccccc67)ccc5c4cc3o2)cc1. The van der Waals surface area contributed by atoms with Gasteiger partial charge in [-0.1, -0.05) is 91.0 Å². The van der Waals surface area contributed by atoms with E-state index in [0.717, 1.165) is 83.2 Å². The van der Waals surface area contributed by atoms with Crippen molar-refractivity contribution in [1.29, 1.82) is 0 Å². The molecule has 3 heterocycles. The van der Waals surface area contributed by atoms with Crippen LogP contribution in [0, 0.1) is 0 Å². The van der Waals surface area contributed by atoms with Gasteiger partial charge in [0.25, 0.3) is 0 Å². The quantitative estimate of drug-likeness (QED) is 0.183. The second-order valence-corrected chi connectivity index (χ2v) is 13.2. The number of rotatable bonds is 5. The summed E-state index contributed by atoms with van der Waals surface area (Å²) in [5, 5.41) is 6.65. The Morgan fingerprint density at radius 3 is 1.79 bits per heavy atom. The number of hydrogen-bond donors (Lipinski definition) is 0. The minimum absolute atomic E-state index is 0.596. The zero-order valence-electron chi connectivity index (χ0n) is 27.8. The summed E-state index contributed by atoms with van der Waals surface area (Å²) in [5.41, 5.74) is 11.0. The molecule has 0 radical (unpaired) electrons. The number of benzene rings is 8. The first-order valence-corrected chi connectivity index (χ1v) is 17.4. The van der Waals surface area contributed by atoms with Crippen molar-refractivity contribution in [2.75, 3.05) is 4.90 Å². The Labute approximate surface area is 297 Å². The summed E-state index contributed by atoms with van der Waals surface area (Å²) in [6, 6.07) is 58.8. The Balaban J connectivity index is 1.05. The normalized spacial score (nSPS) is 11.8. The molecule has 0 amide bonds. The van der Waals surface area contributed by atoms with Crippen molar-refractivity contribution in [3.63, 3.8) is 0 Å². The molecule has 5 nitrogen and oxygen atoms in total. The number of hydrogen-bond acceptors (Lipinski definition) is 5. The van der Waals surface area contributed by atoms with Crippen molar-refractivity contribution < 1.29 is 13.3 Å². The van der Waals surface area contributed by atoms with Crippen LogP contribution in [0.3, 0.4) is 0 Å². The number of fused-ring (bicyclic) bond motifs is 8. The van der Waals surface area contributed by atoms with Crippen LogP contribution in [0.2, 0.25) is 0 Å². The molecule has 0 aliphatic rings. The highest BCUT2D eigenvalue weighted by Gasteiger charge is 2.19. The fraction of sp³-hybridized carbons (Fsp3) is 0. The van der Waals surface area contributed by atoms with Crippen LogP contribution in [-0.4, -0.2) is 4.98 Å². The van der Waals surface area contributed by atoms with Gasteiger partial charge in [0.15, 0.2) is 5.58 Å². The lowest BCUT2D eigenvalue weighted by Crippen LogP contribution is -2.09. The van der Waals surface area contributed by atoms with Crippen molar-refractivity contribution in [3.05, 3.63) is 170 Å². The maximum Gasteiger partial charge on any atom is 0.227 e. The van der Waals surface area contributed by atoms with E-state index in [0.29, 0.717) is 5.89 Å². The minimum atomic E-state index is 0.596. The molecule has 3 aromatic heterocycles. The second kappa shape index (κ2) is 11.2. The van der Waals surface area contributed by atoms with Gasteiger partial charge in [0.05, 0.1) is 0 Å². The van der Waals surface area contributed by atoms with E-state index in [1.165, 1.54) is 16.3 Å². The number of anilines is 3. The van der Waals surface area contributed by atoms with E-state index in [1.807, 2.05) is 60.7 Å².